The summed E-state index contributed by atoms with van der Waals surface area (Å²) in [6.45, 7) is 2.66. The van der Waals surface area contributed by atoms with Crippen molar-refractivity contribution in [3.8, 4) is 0 Å². The first kappa shape index (κ1) is 5.90. The number of hydrogen-bond donors (Lipinski definition) is 4. The van der Waals surface area contributed by atoms with E-state index in [4.69, 9.17) is 0 Å². The molecule has 2 aliphatic rings. The van der Waals surface area contributed by atoms with Crippen LogP contribution in [-0.2, 0) is 0 Å². The minimum absolute atomic E-state index is 0.750. The van der Waals surface area contributed by atoms with E-state index >= 15 is 0 Å². The Labute approximate surface area is 58.6 Å². The Bertz CT molecular complexity index is 148. The molecule has 2 rings (SSSR count). The van der Waals surface area contributed by atoms with Crippen molar-refractivity contribution in [3.63, 3.8) is 0 Å². The molecular weight excluding hydrogens is 132 g/mol. The molecule has 6 nitrogen and oxygen atoms in total. The normalized spacial score (nSPS) is 24.8. The van der Waals surface area contributed by atoms with Crippen LogP contribution in [0.25, 0.3) is 0 Å². The summed E-state index contributed by atoms with van der Waals surface area (Å²) in [5, 5.41) is 5.80. The van der Waals surface area contributed by atoms with E-state index in [0.717, 1.165) is 25.5 Å². The van der Waals surface area contributed by atoms with E-state index in [9.17, 15) is 0 Å². The number of amidine groups is 1. The third-order valence-corrected chi connectivity index (χ3v) is 1.43. The molecule has 1 saturated heterocycles. The van der Waals surface area contributed by atoms with Gasteiger partial charge in [-0.05, 0) is 0 Å². The number of hydrazine groups is 3. The van der Waals surface area contributed by atoms with E-state index < -0.39 is 0 Å². The number of rotatable bonds is 0. The van der Waals surface area contributed by atoms with Crippen molar-refractivity contribution < 1.29 is 0 Å². The summed E-state index contributed by atoms with van der Waals surface area (Å²) in [5.74, 6) is 0.942. The van der Waals surface area contributed by atoms with Crippen LogP contribution in [-0.4, -0.2) is 30.6 Å². The van der Waals surface area contributed by atoms with Gasteiger partial charge in [-0.15, -0.1) is 5.10 Å². The summed E-state index contributed by atoms with van der Waals surface area (Å²) >= 11 is 0. The minimum Gasteiger partial charge on any atom is -0.241 e. The molecule has 2 heterocycles. The lowest BCUT2D eigenvalue weighted by atomic mass is 10.6. The predicted molar refractivity (Wildman–Crippen MR) is 36.4 cm³/mol. The Morgan fingerprint density at radius 1 is 1.30 bits per heavy atom. The van der Waals surface area contributed by atoms with Crippen LogP contribution in [0.4, 0.5) is 0 Å². The van der Waals surface area contributed by atoms with Crippen molar-refractivity contribution >= 4 is 5.84 Å². The van der Waals surface area contributed by atoms with Crippen LogP contribution in [0, 0.1) is 0 Å². The Kier molecular flexibility index (Phi) is 1.42. The van der Waals surface area contributed by atoms with Gasteiger partial charge in [0.05, 0.1) is 6.54 Å². The Hall–Kier alpha value is -0.850. The molecule has 0 atom stereocenters. The fourth-order valence-corrected chi connectivity index (χ4v) is 0.965. The number of nitrogens with one attached hydrogen (secondary N) is 4. The first-order chi connectivity index (χ1) is 4.97. The lowest BCUT2D eigenvalue weighted by Crippen LogP contribution is -2.45. The summed E-state index contributed by atoms with van der Waals surface area (Å²) in [6.07, 6.45) is 0. The third-order valence-electron chi connectivity index (χ3n) is 1.43. The van der Waals surface area contributed by atoms with Crippen molar-refractivity contribution in [2.45, 2.75) is 0 Å². The van der Waals surface area contributed by atoms with Gasteiger partial charge >= 0.3 is 0 Å². The van der Waals surface area contributed by atoms with Gasteiger partial charge in [0.15, 0.2) is 5.84 Å². The lowest BCUT2D eigenvalue weighted by molar-refractivity contribution is 0.312. The summed E-state index contributed by atoms with van der Waals surface area (Å²) in [4.78, 5) is 0. The van der Waals surface area contributed by atoms with Gasteiger partial charge in [0, 0.05) is 13.1 Å². The molecule has 10 heavy (non-hydrogen) atoms. The molecule has 0 aliphatic carbocycles. The summed E-state index contributed by atoms with van der Waals surface area (Å²) in [7, 11) is 0. The molecule has 4 N–H and O–H groups in total. The highest BCUT2D eigenvalue weighted by Gasteiger charge is 2.17. The molecule has 56 valence electrons. The fraction of sp³-hybridized carbons (Fsp3) is 0.750. The zero-order valence-electron chi connectivity index (χ0n) is 5.52. The first-order valence-corrected chi connectivity index (χ1v) is 3.28. The molecule has 0 saturated carbocycles. The monoisotopic (exact) mass is 142 g/mol. The van der Waals surface area contributed by atoms with Gasteiger partial charge in [0.25, 0.3) is 0 Å². The van der Waals surface area contributed by atoms with Crippen LogP contribution in [0.2, 0.25) is 0 Å². The summed E-state index contributed by atoms with van der Waals surface area (Å²) < 4.78 is 0. The highest BCUT2D eigenvalue weighted by Crippen LogP contribution is 1.89. The SMILES string of the molecule is C1CNN(C2=NNNC2)N1. The van der Waals surface area contributed by atoms with E-state index in [1.807, 2.05) is 5.12 Å². The van der Waals surface area contributed by atoms with Crippen molar-refractivity contribution in [1.82, 2.24) is 26.9 Å². The van der Waals surface area contributed by atoms with E-state index in [0.29, 0.717) is 0 Å². The molecule has 0 amide bonds. The second-order valence-corrected chi connectivity index (χ2v) is 2.15. The number of hydrogen-bond acceptors (Lipinski definition) is 6. The predicted octanol–water partition coefficient (Wildman–Crippen LogP) is -2.27. The summed E-state index contributed by atoms with van der Waals surface area (Å²) in [5.41, 5.74) is 11.8. The van der Waals surface area contributed by atoms with E-state index in [1.54, 1.807) is 0 Å². The van der Waals surface area contributed by atoms with Gasteiger partial charge < -0.3 is 0 Å². The average Bonchev–Trinajstić information content (AvgIpc) is 2.59. The molecule has 0 radical (unpaired) electrons. The zero-order valence-corrected chi connectivity index (χ0v) is 5.52. The second-order valence-electron chi connectivity index (χ2n) is 2.15. The second kappa shape index (κ2) is 2.41. The van der Waals surface area contributed by atoms with Gasteiger partial charge in [0.1, 0.15) is 0 Å². The fourth-order valence-electron chi connectivity index (χ4n) is 0.965. The van der Waals surface area contributed by atoms with Crippen molar-refractivity contribution in [1.29, 1.82) is 0 Å². The van der Waals surface area contributed by atoms with Crippen LogP contribution < -0.4 is 21.8 Å². The van der Waals surface area contributed by atoms with Gasteiger partial charge in [-0.3, -0.25) is 0 Å². The van der Waals surface area contributed by atoms with Crippen molar-refractivity contribution in [2.75, 3.05) is 19.6 Å². The minimum atomic E-state index is 0.750. The summed E-state index contributed by atoms with van der Waals surface area (Å²) in [6, 6.07) is 0. The maximum absolute atomic E-state index is 3.97. The van der Waals surface area contributed by atoms with Crippen LogP contribution >= 0.6 is 0 Å². The maximum Gasteiger partial charge on any atom is 0.172 e. The number of nitrogens with zero attached hydrogens (tertiary/aromatic N) is 2. The van der Waals surface area contributed by atoms with Crippen LogP contribution in [0.5, 0.6) is 0 Å². The smallest absolute Gasteiger partial charge is 0.172 e. The number of hydrazone groups is 1. The quantitative estimate of drug-likeness (QED) is 0.307. The molecule has 0 aromatic heterocycles. The average molecular weight is 142 g/mol. The van der Waals surface area contributed by atoms with Gasteiger partial charge in [-0.25, -0.2) is 26.9 Å². The Balaban J connectivity index is 1.97. The molecule has 0 spiro atoms. The van der Waals surface area contributed by atoms with Crippen molar-refractivity contribution in [2.24, 2.45) is 5.10 Å². The third kappa shape index (κ3) is 0.919. The zero-order chi connectivity index (χ0) is 6.81. The van der Waals surface area contributed by atoms with Gasteiger partial charge in [0.2, 0.25) is 0 Å². The molecule has 6 heteroatoms. The Morgan fingerprint density at radius 2 is 2.10 bits per heavy atom. The molecular formula is C4H10N6. The van der Waals surface area contributed by atoms with Crippen LogP contribution in [0.1, 0.15) is 0 Å². The molecule has 1 fully saturated rings. The standard InChI is InChI=1S/C4H10N6/c1-2-7-10(6-1)4-3-5-9-8-4/h5-7,9H,1-3H2. The highest BCUT2D eigenvalue weighted by molar-refractivity contribution is 5.84. The molecule has 2 aliphatic heterocycles. The first-order valence-electron chi connectivity index (χ1n) is 3.28. The molecule has 0 unspecified atom stereocenters. The lowest BCUT2D eigenvalue weighted by Gasteiger charge is -2.14. The Morgan fingerprint density at radius 3 is 2.70 bits per heavy atom. The molecule has 0 bridgehead atoms. The van der Waals surface area contributed by atoms with Crippen molar-refractivity contribution in [3.05, 3.63) is 0 Å². The topological polar surface area (TPSA) is 63.7 Å². The van der Waals surface area contributed by atoms with Crippen LogP contribution in [0.3, 0.4) is 0 Å². The largest absolute Gasteiger partial charge is 0.241 e. The van der Waals surface area contributed by atoms with Gasteiger partial charge in [-0.2, -0.15) is 0 Å². The van der Waals surface area contributed by atoms with Crippen LogP contribution in [0.15, 0.2) is 5.10 Å². The van der Waals surface area contributed by atoms with E-state index in [2.05, 4.69) is 26.9 Å². The molecule has 0 aromatic rings. The van der Waals surface area contributed by atoms with E-state index in [1.165, 1.54) is 0 Å². The molecule has 0 aromatic carbocycles. The maximum atomic E-state index is 3.97. The highest BCUT2D eigenvalue weighted by atomic mass is 15.8. The van der Waals surface area contributed by atoms with E-state index in [-0.39, 0.29) is 0 Å². The van der Waals surface area contributed by atoms with Gasteiger partial charge in [-0.1, -0.05) is 0 Å².